The van der Waals surface area contributed by atoms with E-state index in [0.717, 1.165) is 49.4 Å². The van der Waals surface area contributed by atoms with E-state index in [2.05, 4.69) is 4.98 Å². The molecule has 0 atom stereocenters. The van der Waals surface area contributed by atoms with Crippen LogP contribution in [-0.4, -0.2) is 29.9 Å². The van der Waals surface area contributed by atoms with Gasteiger partial charge in [-0.15, -0.1) is 0 Å². The van der Waals surface area contributed by atoms with Gasteiger partial charge in [-0.25, -0.2) is 4.79 Å². The van der Waals surface area contributed by atoms with Gasteiger partial charge >= 0.3 is 5.69 Å². The van der Waals surface area contributed by atoms with Gasteiger partial charge in [0.25, 0.3) is 0 Å². The van der Waals surface area contributed by atoms with Gasteiger partial charge < -0.3 is 14.5 Å². The second kappa shape index (κ2) is 5.09. The van der Waals surface area contributed by atoms with Gasteiger partial charge in [0.1, 0.15) is 5.75 Å². The normalized spacial score (nSPS) is 16.9. The molecule has 0 bridgehead atoms. The number of nitrogens with one attached hydrogen (secondary N) is 1. The van der Waals surface area contributed by atoms with Gasteiger partial charge in [0.2, 0.25) is 0 Å². The minimum absolute atomic E-state index is 0.0465. The Bertz CT molecular complexity index is 623. The Hall–Kier alpha value is -1.75. The van der Waals surface area contributed by atoms with E-state index in [1.807, 2.05) is 22.8 Å². The molecule has 3 rings (SSSR count). The third-order valence-corrected chi connectivity index (χ3v) is 3.76. The molecule has 1 aliphatic rings. The lowest BCUT2D eigenvalue weighted by Crippen LogP contribution is -2.25. The van der Waals surface area contributed by atoms with E-state index >= 15 is 0 Å². The Morgan fingerprint density at radius 1 is 1.42 bits per heavy atom. The number of nitrogens with zero attached hydrogens (tertiary/aromatic N) is 1. The summed E-state index contributed by atoms with van der Waals surface area (Å²) in [4.78, 5) is 14.9. The summed E-state index contributed by atoms with van der Waals surface area (Å²) in [5.74, 6) is 1.28. The number of aromatic nitrogens is 2. The molecule has 0 radical (unpaired) electrons. The van der Waals surface area contributed by atoms with Crippen LogP contribution in [-0.2, 0) is 11.3 Å². The molecule has 5 heteroatoms. The zero-order valence-electron chi connectivity index (χ0n) is 11.0. The van der Waals surface area contributed by atoms with Crippen LogP contribution in [0.15, 0.2) is 23.0 Å². The summed E-state index contributed by atoms with van der Waals surface area (Å²) in [5.41, 5.74) is 1.73. The van der Waals surface area contributed by atoms with Crippen LogP contribution in [0.3, 0.4) is 0 Å². The smallest absolute Gasteiger partial charge is 0.326 e. The van der Waals surface area contributed by atoms with Crippen LogP contribution in [0.5, 0.6) is 5.75 Å². The van der Waals surface area contributed by atoms with Crippen LogP contribution < -0.4 is 10.4 Å². The van der Waals surface area contributed by atoms with E-state index in [-0.39, 0.29) is 5.69 Å². The quantitative estimate of drug-likeness (QED) is 0.917. The molecule has 1 aliphatic heterocycles. The lowest BCUT2D eigenvalue weighted by atomic mass is 10.0. The summed E-state index contributed by atoms with van der Waals surface area (Å²) >= 11 is 0. The number of ether oxygens (including phenoxy) is 2. The number of H-pyrrole nitrogens is 1. The van der Waals surface area contributed by atoms with Crippen molar-refractivity contribution in [1.29, 1.82) is 0 Å². The molecule has 0 spiro atoms. The summed E-state index contributed by atoms with van der Waals surface area (Å²) in [7, 11) is 1.63. The third-order valence-electron chi connectivity index (χ3n) is 3.76. The topological polar surface area (TPSA) is 56.2 Å². The zero-order valence-corrected chi connectivity index (χ0v) is 11.0. The summed E-state index contributed by atoms with van der Waals surface area (Å²) in [5, 5.41) is 0. The van der Waals surface area contributed by atoms with Crippen molar-refractivity contribution in [2.45, 2.75) is 19.4 Å². The molecule has 1 fully saturated rings. The number of aromatic amines is 1. The van der Waals surface area contributed by atoms with Crippen LogP contribution in [0.1, 0.15) is 12.8 Å². The van der Waals surface area contributed by atoms with Crippen molar-refractivity contribution in [3.05, 3.63) is 28.7 Å². The molecule has 0 aliphatic carbocycles. The predicted molar refractivity (Wildman–Crippen MR) is 72.7 cm³/mol. The minimum Gasteiger partial charge on any atom is -0.497 e. The Morgan fingerprint density at radius 2 is 2.21 bits per heavy atom. The second-order valence-corrected chi connectivity index (χ2v) is 4.98. The predicted octanol–water partition coefficient (Wildman–Crippen LogP) is 1.76. The first kappa shape index (κ1) is 12.3. The standard InChI is InChI=1S/C14H18N2O3/c1-18-11-2-3-12-13(8-11)16(14(17)15-12)9-10-4-6-19-7-5-10/h2-3,8,10H,4-7,9H2,1H3,(H,15,17). The van der Waals surface area contributed by atoms with Crippen molar-refractivity contribution in [1.82, 2.24) is 9.55 Å². The van der Waals surface area contributed by atoms with Gasteiger partial charge in [0, 0.05) is 25.8 Å². The molecule has 2 aromatic rings. The summed E-state index contributed by atoms with van der Waals surface area (Å²) in [6.45, 7) is 2.34. The lowest BCUT2D eigenvalue weighted by molar-refractivity contribution is 0.0613. The number of benzene rings is 1. The summed E-state index contributed by atoms with van der Waals surface area (Å²) < 4.78 is 12.4. The van der Waals surface area contributed by atoms with E-state index in [9.17, 15) is 4.79 Å². The van der Waals surface area contributed by atoms with Crippen molar-refractivity contribution < 1.29 is 9.47 Å². The molecule has 19 heavy (non-hydrogen) atoms. The Morgan fingerprint density at radius 3 is 2.95 bits per heavy atom. The Kier molecular flexibility index (Phi) is 3.29. The van der Waals surface area contributed by atoms with E-state index in [1.54, 1.807) is 7.11 Å². The molecule has 0 unspecified atom stereocenters. The first-order chi connectivity index (χ1) is 9.28. The van der Waals surface area contributed by atoms with Crippen LogP contribution in [0.4, 0.5) is 0 Å². The monoisotopic (exact) mass is 262 g/mol. The number of rotatable bonds is 3. The van der Waals surface area contributed by atoms with Crippen LogP contribution in [0.2, 0.25) is 0 Å². The molecule has 1 N–H and O–H groups in total. The van der Waals surface area contributed by atoms with Crippen LogP contribution in [0.25, 0.3) is 11.0 Å². The fourth-order valence-electron chi connectivity index (χ4n) is 2.63. The highest BCUT2D eigenvalue weighted by Crippen LogP contribution is 2.21. The van der Waals surface area contributed by atoms with Crippen molar-refractivity contribution in [2.24, 2.45) is 5.92 Å². The van der Waals surface area contributed by atoms with Gasteiger partial charge in [-0.3, -0.25) is 4.57 Å². The van der Waals surface area contributed by atoms with Crippen molar-refractivity contribution in [2.75, 3.05) is 20.3 Å². The molecule has 102 valence electrons. The maximum absolute atomic E-state index is 12.0. The van der Waals surface area contributed by atoms with Crippen molar-refractivity contribution >= 4 is 11.0 Å². The number of hydrogen-bond donors (Lipinski definition) is 1. The second-order valence-electron chi connectivity index (χ2n) is 4.98. The number of imidazole rings is 1. The molecule has 5 nitrogen and oxygen atoms in total. The van der Waals surface area contributed by atoms with E-state index in [0.29, 0.717) is 5.92 Å². The lowest BCUT2D eigenvalue weighted by Gasteiger charge is -2.22. The first-order valence-electron chi connectivity index (χ1n) is 6.62. The van der Waals surface area contributed by atoms with Crippen molar-refractivity contribution in [3.63, 3.8) is 0 Å². The van der Waals surface area contributed by atoms with Gasteiger partial charge in [-0.2, -0.15) is 0 Å². The summed E-state index contributed by atoms with van der Waals surface area (Å²) in [6.07, 6.45) is 2.03. The molecule has 2 heterocycles. The molecule has 0 amide bonds. The summed E-state index contributed by atoms with van der Waals surface area (Å²) in [6, 6.07) is 5.65. The van der Waals surface area contributed by atoms with E-state index in [4.69, 9.17) is 9.47 Å². The van der Waals surface area contributed by atoms with Crippen molar-refractivity contribution in [3.8, 4) is 5.75 Å². The molecule has 0 saturated carbocycles. The molecular formula is C14H18N2O3. The fraction of sp³-hybridized carbons (Fsp3) is 0.500. The molecule has 1 aromatic carbocycles. The van der Waals surface area contributed by atoms with Crippen LogP contribution in [0, 0.1) is 5.92 Å². The third kappa shape index (κ3) is 2.38. The van der Waals surface area contributed by atoms with E-state index in [1.165, 1.54) is 0 Å². The largest absolute Gasteiger partial charge is 0.497 e. The highest BCUT2D eigenvalue weighted by Gasteiger charge is 2.17. The SMILES string of the molecule is COc1ccc2[nH]c(=O)n(CC3CCOCC3)c2c1. The maximum atomic E-state index is 12.0. The number of fused-ring (bicyclic) bond motifs is 1. The highest BCUT2D eigenvalue weighted by molar-refractivity contribution is 5.76. The first-order valence-corrected chi connectivity index (χ1v) is 6.62. The zero-order chi connectivity index (χ0) is 13.2. The number of hydrogen-bond acceptors (Lipinski definition) is 3. The Labute approximate surface area is 111 Å². The average Bonchev–Trinajstić information content (AvgIpc) is 2.76. The van der Waals surface area contributed by atoms with Crippen LogP contribution >= 0.6 is 0 Å². The number of methoxy groups -OCH3 is 1. The molecular weight excluding hydrogens is 244 g/mol. The average molecular weight is 262 g/mol. The van der Waals surface area contributed by atoms with Gasteiger partial charge in [0.15, 0.2) is 0 Å². The minimum atomic E-state index is -0.0465. The molecule has 1 aromatic heterocycles. The van der Waals surface area contributed by atoms with Gasteiger partial charge in [-0.05, 0) is 30.9 Å². The van der Waals surface area contributed by atoms with E-state index < -0.39 is 0 Å². The maximum Gasteiger partial charge on any atom is 0.326 e. The fourth-order valence-corrected chi connectivity index (χ4v) is 2.63. The van der Waals surface area contributed by atoms with Gasteiger partial charge in [0.05, 0.1) is 18.1 Å². The molecule has 1 saturated heterocycles. The van der Waals surface area contributed by atoms with Gasteiger partial charge in [-0.1, -0.05) is 0 Å². The Balaban J connectivity index is 1.96. The highest BCUT2D eigenvalue weighted by atomic mass is 16.5.